The van der Waals surface area contributed by atoms with E-state index < -0.39 is 0 Å². The zero-order chi connectivity index (χ0) is 19.7. The third kappa shape index (κ3) is 3.25. The molecule has 0 spiro atoms. The molecule has 0 aliphatic carbocycles. The maximum Gasteiger partial charge on any atom is 0.244 e. The highest BCUT2D eigenvalue weighted by atomic mass is 16.5. The Morgan fingerprint density at radius 1 is 1.32 bits per heavy atom. The fraction of sp³-hybridized carbons (Fsp3) is 0.158. The van der Waals surface area contributed by atoms with Crippen molar-refractivity contribution in [3.05, 3.63) is 48.5 Å². The highest BCUT2D eigenvalue weighted by Crippen LogP contribution is 2.26. The molecule has 1 aromatic carbocycles. The number of nitrogens with zero attached hydrogens (tertiary/aromatic N) is 4. The molecular weight excluding hydrogens is 360 g/mol. The number of methoxy groups -OCH3 is 1. The van der Waals surface area contributed by atoms with Crippen molar-refractivity contribution < 1.29 is 13.9 Å². The van der Waals surface area contributed by atoms with Crippen LogP contribution in [0.2, 0.25) is 0 Å². The van der Waals surface area contributed by atoms with E-state index in [2.05, 4.69) is 20.3 Å². The lowest BCUT2D eigenvalue weighted by atomic mass is 10.2. The zero-order valence-electron chi connectivity index (χ0n) is 15.3. The number of rotatable bonds is 5. The Morgan fingerprint density at radius 3 is 2.89 bits per heavy atom. The van der Waals surface area contributed by atoms with Gasteiger partial charge in [0, 0.05) is 5.69 Å². The average molecular weight is 378 g/mol. The highest BCUT2D eigenvalue weighted by Gasteiger charge is 2.17. The minimum atomic E-state index is -0.218. The van der Waals surface area contributed by atoms with E-state index in [0.717, 1.165) is 11.3 Å². The quantitative estimate of drug-likeness (QED) is 0.547. The summed E-state index contributed by atoms with van der Waals surface area (Å²) >= 11 is 0. The first-order valence-electron chi connectivity index (χ1n) is 8.52. The number of hydrogen-bond acceptors (Lipinski definition) is 7. The lowest BCUT2D eigenvalue weighted by Gasteiger charge is -2.10. The number of benzene rings is 1. The Labute approximate surface area is 160 Å². The number of carbonyl (C=O) groups excluding carboxylic acids is 1. The monoisotopic (exact) mass is 378 g/mol. The molecule has 9 nitrogen and oxygen atoms in total. The van der Waals surface area contributed by atoms with Gasteiger partial charge >= 0.3 is 0 Å². The van der Waals surface area contributed by atoms with Gasteiger partial charge in [0.05, 0.1) is 19.7 Å². The van der Waals surface area contributed by atoms with Gasteiger partial charge < -0.3 is 24.8 Å². The zero-order valence-corrected chi connectivity index (χ0v) is 15.3. The van der Waals surface area contributed by atoms with Crippen LogP contribution in [0.4, 0.5) is 11.6 Å². The van der Waals surface area contributed by atoms with Gasteiger partial charge in [0.2, 0.25) is 11.9 Å². The van der Waals surface area contributed by atoms with Gasteiger partial charge in [0.25, 0.3) is 0 Å². The molecule has 0 atom stereocenters. The number of anilines is 2. The molecule has 0 bridgehead atoms. The summed E-state index contributed by atoms with van der Waals surface area (Å²) in [6.07, 6.45) is 3.08. The molecule has 0 aliphatic rings. The van der Waals surface area contributed by atoms with Crippen molar-refractivity contribution in [1.82, 2.24) is 19.5 Å². The van der Waals surface area contributed by atoms with Crippen LogP contribution in [-0.2, 0) is 11.3 Å². The van der Waals surface area contributed by atoms with Crippen LogP contribution in [0.15, 0.2) is 47.3 Å². The van der Waals surface area contributed by atoms with Gasteiger partial charge in [0.15, 0.2) is 11.4 Å². The SMILES string of the molecule is COc1ccc(NC(=O)Cn2cnc3c(-c4ccco4)nc(N)nc32)c(C)c1. The molecule has 3 N–H and O–H groups in total. The summed E-state index contributed by atoms with van der Waals surface area (Å²) in [5, 5.41) is 2.89. The number of hydrogen-bond donors (Lipinski definition) is 2. The third-order valence-corrected chi connectivity index (χ3v) is 4.26. The van der Waals surface area contributed by atoms with E-state index >= 15 is 0 Å². The molecule has 0 unspecified atom stereocenters. The normalized spacial score (nSPS) is 10.9. The molecule has 4 rings (SSSR count). The predicted molar refractivity (Wildman–Crippen MR) is 104 cm³/mol. The first-order valence-corrected chi connectivity index (χ1v) is 8.52. The fourth-order valence-corrected chi connectivity index (χ4v) is 2.91. The number of amides is 1. The molecule has 4 aromatic rings. The Bertz CT molecular complexity index is 1150. The summed E-state index contributed by atoms with van der Waals surface area (Å²) in [7, 11) is 1.60. The first-order chi connectivity index (χ1) is 13.5. The molecule has 0 radical (unpaired) electrons. The number of fused-ring (bicyclic) bond motifs is 1. The minimum absolute atomic E-state index is 0.0238. The van der Waals surface area contributed by atoms with Crippen LogP contribution in [0.1, 0.15) is 5.56 Å². The van der Waals surface area contributed by atoms with Gasteiger partial charge in [-0.3, -0.25) is 4.79 Å². The number of nitrogen functional groups attached to an aromatic ring is 1. The second-order valence-electron chi connectivity index (χ2n) is 6.18. The largest absolute Gasteiger partial charge is 0.497 e. The first kappa shape index (κ1) is 17.5. The van der Waals surface area contributed by atoms with Gasteiger partial charge in [-0.05, 0) is 42.8 Å². The molecule has 1 amide bonds. The van der Waals surface area contributed by atoms with Gasteiger partial charge in [-0.25, -0.2) is 9.97 Å². The maximum absolute atomic E-state index is 12.5. The van der Waals surface area contributed by atoms with Gasteiger partial charge in [-0.15, -0.1) is 0 Å². The summed E-state index contributed by atoms with van der Waals surface area (Å²) in [6.45, 7) is 1.92. The number of nitrogens with two attached hydrogens (primary N) is 1. The molecule has 0 fully saturated rings. The number of aryl methyl sites for hydroxylation is 1. The van der Waals surface area contributed by atoms with Crippen LogP contribution < -0.4 is 15.8 Å². The van der Waals surface area contributed by atoms with E-state index in [9.17, 15) is 4.79 Å². The number of nitrogens with one attached hydrogen (secondary N) is 1. The van der Waals surface area contributed by atoms with Crippen molar-refractivity contribution in [1.29, 1.82) is 0 Å². The number of aromatic nitrogens is 4. The Balaban J connectivity index is 1.61. The lowest BCUT2D eigenvalue weighted by Crippen LogP contribution is -2.19. The molecule has 3 aromatic heterocycles. The third-order valence-electron chi connectivity index (χ3n) is 4.26. The van der Waals surface area contributed by atoms with Gasteiger partial charge in [0.1, 0.15) is 23.5 Å². The lowest BCUT2D eigenvalue weighted by molar-refractivity contribution is -0.116. The summed E-state index contributed by atoms with van der Waals surface area (Å²) in [5.74, 6) is 1.12. The Morgan fingerprint density at radius 2 is 2.18 bits per heavy atom. The van der Waals surface area contributed by atoms with Crippen LogP contribution in [0.3, 0.4) is 0 Å². The highest BCUT2D eigenvalue weighted by molar-refractivity contribution is 5.93. The Hall–Kier alpha value is -3.88. The predicted octanol–water partition coefficient (Wildman–Crippen LogP) is 2.62. The van der Waals surface area contributed by atoms with Crippen molar-refractivity contribution in [2.75, 3.05) is 18.2 Å². The van der Waals surface area contributed by atoms with E-state index in [-0.39, 0.29) is 18.4 Å². The van der Waals surface area contributed by atoms with Crippen molar-refractivity contribution in [3.8, 4) is 17.2 Å². The summed E-state index contributed by atoms with van der Waals surface area (Å²) in [4.78, 5) is 25.3. The molecule has 3 heterocycles. The second kappa shape index (κ2) is 7.03. The van der Waals surface area contributed by atoms with E-state index in [0.29, 0.717) is 28.3 Å². The van der Waals surface area contributed by atoms with E-state index in [4.69, 9.17) is 14.9 Å². The number of imidazole rings is 1. The molecule has 0 saturated carbocycles. The fourth-order valence-electron chi connectivity index (χ4n) is 2.91. The minimum Gasteiger partial charge on any atom is -0.497 e. The van der Waals surface area contributed by atoms with Crippen molar-refractivity contribution >= 4 is 28.7 Å². The van der Waals surface area contributed by atoms with Gasteiger partial charge in [-0.2, -0.15) is 4.98 Å². The second-order valence-corrected chi connectivity index (χ2v) is 6.18. The van der Waals surface area contributed by atoms with Crippen molar-refractivity contribution in [2.24, 2.45) is 0 Å². The van der Waals surface area contributed by atoms with Crippen molar-refractivity contribution in [2.45, 2.75) is 13.5 Å². The molecule has 9 heteroatoms. The van der Waals surface area contributed by atoms with E-state index in [1.165, 1.54) is 6.33 Å². The maximum atomic E-state index is 12.5. The summed E-state index contributed by atoms with van der Waals surface area (Å²) < 4.78 is 12.2. The summed E-state index contributed by atoms with van der Waals surface area (Å²) in [6, 6.07) is 8.96. The molecular formula is C19H18N6O3. The van der Waals surface area contributed by atoms with Crippen LogP contribution in [0.5, 0.6) is 5.75 Å². The van der Waals surface area contributed by atoms with Crippen LogP contribution >= 0.6 is 0 Å². The molecule has 142 valence electrons. The molecule has 0 aliphatic heterocycles. The molecule has 28 heavy (non-hydrogen) atoms. The topological polar surface area (TPSA) is 121 Å². The van der Waals surface area contributed by atoms with Crippen LogP contribution in [0, 0.1) is 6.92 Å². The molecule has 0 saturated heterocycles. The number of furan rings is 1. The average Bonchev–Trinajstić information content (AvgIpc) is 3.33. The van der Waals surface area contributed by atoms with E-state index in [1.54, 1.807) is 42.2 Å². The number of ether oxygens (including phenoxy) is 1. The van der Waals surface area contributed by atoms with Crippen LogP contribution in [0.25, 0.3) is 22.6 Å². The van der Waals surface area contributed by atoms with Gasteiger partial charge in [-0.1, -0.05) is 0 Å². The standard InChI is InChI=1S/C19H18N6O3/c1-11-8-12(27-2)5-6-13(11)22-15(26)9-25-10-21-17-16(14-4-3-7-28-14)23-19(20)24-18(17)25/h3-8,10H,9H2,1-2H3,(H,22,26)(H2,20,23,24). The van der Waals surface area contributed by atoms with Crippen LogP contribution in [-0.4, -0.2) is 32.5 Å². The summed E-state index contributed by atoms with van der Waals surface area (Å²) in [5.41, 5.74) is 8.90. The number of carbonyl (C=O) groups is 1. The van der Waals surface area contributed by atoms with E-state index in [1.807, 2.05) is 13.0 Å². The van der Waals surface area contributed by atoms with Crippen molar-refractivity contribution in [3.63, 3.8) is 0 Å². The smallest absolute Gasteiger partial charge is 0.244 e. The Kier molecular flexibility index (Phi) is 4.40.